The van der Waals surface area contributed by atoms with Crippen molar-refractivity contribution in [1.82, 2.24) is 0 Å². The van der Waals surface area contributed by atoms with E-state index in [-0.39, 0.29) is 11.6 Å². The average Bonchev–Trinajstić information content (AvgIpc) is 2.69. The number of hydrogen-bond donors (Lipinski definition) is 0. The third-order valence-electron chi connectivity index (χ3n) is 2.40. The minimum atomic E-state index is -0.269. The van der Waals surface area contributed by atoms with E-state index < -0.39 is 0 Å². The van der Waals surface area contributed by atoms with Crippen LogP contribution >= 0.6 is 0 Å². The second-order valence-corrected chi connectivity index (χ2v) is 3.62. The third kappa shape index (κ3) is 2.19. The van der Waals surface area contributed by atoms with Crippen LogP contribution < -0.4 is 0 Å². The lowest BCUT2D eigenvalue weighted by Gasteiger charge is -2.00. The molecule has 0 radical (unpaired) electrons. The van der Waals surface area contributed by atoms with E-state index in [0.717, 1.165) is 5.56 Å². The molecule has 0 fully saturated rings. The van der Waals surface area contributed by atoms with Gasteiger partial charge in [0.1, 0.15) is 11.6 Å². The van der Waals surface area contributed by atoms with Crippen molar-refractivity contribution in [1.29, 1.82) is 0 Å². The molecular weight excluding hydrogens is 207 g/mol. The van der Waals surface area contributed by atoms with Crippen molar-refractivity contribution in [2.45, 2.75) is 13.3 Å². The minimum absolute atomic E-state index is 0.0224. The van der Waals surface area contributed by atoms with E-state index in [0.29, 0.717) is 17.7 Å². The largest absolute Gasteiger partial charge is 0.468 e. The Hall–Kier alpha value is -1.90. The lowest BCUT2D eigenvalue weighted by molar-refractivity contribution is 0.101. The summed E-state index contributed by atoms with van der Waals surface area (Å²) >= 11 is 0. The van der Waals surface area contributed by atoms with Crippen molar-refractivity contribution in [3.05, 3.63) is 59.3 Å². The minimum Gasteiger partial charge on any atom is -0.468 e. The first-order valence-electron chi connectivity index (χ1n) is 4.98. The van der Waals surface area contributed by atoms with E-state index >= 15 is 0 Å². The van der Waals surface area contributed by atoms with E-state index in [1.165, 1.54) is 25.3 Å². The van der Waals surface area contributed by atoms with E-state index in [1.54, 1.807) is 18.2 Å². The van der Waals surface area contributed by atoms with Gasteiger partial charge in [0.15, 0.2) is 5.78 Å². The van der Waals surface area contributed by atoms with Gasteiger partial charge in [-0.2, -0.15) is 0 Å². The number of furan rings is 1. The third-order valence-corrected chi connectivity index (χ3v) is 2.40. The number of hydrogen-bond acceptors (Lipinski definition) is 2. The maximum absolute atomic E-state index is 12.7. The number of halogens is 1. The van der Waals surface area contributed by atoms with E-state index in [9.17, 15) is 9.18 Å². The molecule has 1 aromatic carbocycles. The van der Waals surface area contributed by atoms with Crippen LogP contribution in [-0.2, 0) is 6.42 Å². The average molecular weight is 218 g/mol. The van der Waals surface area contributed by atoms with Gasteiger partial charge in [-0.05, 0) is 30.7 Å². The van der Waals surface area contributed by atoms with Crippen LogP contribution in [-0.4, -0.2) is 5.78 Å². The summed E-state index contributed by atoms with van der Waals surface area (Å²) in [5, 5.41) is 0. The molecule has 0 N–H and O–H groups in total. The van der Waals surface area contributed by atoms with Gasteiger partial charge in [0.05, 0.1) is 11.8 Å². The Morgan fingerprint density at radius 1 is 1.25 bits per heavy atom. The Morgan fingerprint density at radius 2 is 1.94 bits per heavy atom. The maximum atomic E-state index is 12.7. The topological polar surface area (TPSA) is 30.2 Å². The predicted molar refractivity (Wildman–Crippen MR) is 57.9 cm³/mol. The summed E-state index contributed by atoms with van der Waals surface area (Å²) in [6.45, 7) is 1.50. The molecule has 0 aliphatic rings. The van der Waals surface area contributed by atoms with Gasteiger partial charge in [-0.25, -0.2) is 4.39 Å². The van der Waals surface area contributed by atoms with Crippen molar-refractivity contribution in [3.63, 3.8) is 0 Å². The standard InChI is InChI=1S/C13H11FO2/c1-9(15)12-6-7-16-13(12)8-10-2-4-11(14)5-3-10/h2-7H,8H2,1H3. The van der Waals surface area contributed by atoms with Gasteiger partial charge in [-0.3, -0.25) is 4.79 Å². The molecule has 2 rings (SSSR count). The molecule has 0 spiro atoms. The van der Waals surface area contributed by atoms with Crippen LogP contribution in [0.2, 0.25) is 0 Å². The van der Waals surface area contributed by atoms with Crippen molar-refractivity contribution in [2.75, 3.05) is 0 Å². The highest BCUT2D eigenvalue weighted by molar-refractivity contribution is 5.95. The summed E-state index contributed by atoms with van der Waals surface area (Å²) in [6.07, 6.45) is 2.00. The smallest absolute Gasteiger partial charge is 0.163 e. The monoisotopic (exact) mass is 218 g/mol. The Balaban J connectivity index is 2.23. The first kappa shape index (κ1) is 10.6. The number of carbonyl (C=O) groups is 1. The maximum Gasteiger partial charge on any atom is 0.163 e. The fraction of sp³-hybridized carbons (Fsp3) is 0.154. The lowest BCUT2D eigenvalue weighted by Crippen LogP contribution is -1.96. The Bertz CT molecular complexity index is 497. The molecule has 16 heavy (non-hydrogen) atoms. The molecule has 1 aromatic heterocycles. The number of rotatable bonds is 3. The zero-order valence-electron chi connectivity index (χ0n) is 8.87. The molecular formula is C13H11FO2. The Morgan fingerprint density at radius 3 is 2.56 bits per heavy atom. The van der Waals surface area contributed by atoms with Gasteiger partial charge in [0.25, 0.3) is 0 Å². The normalized spacial score (nSPS) is 10.4. The van der Waals surface area contributed by atoms with Gasteiger partial charge < -0.3 is 4.42 Å². The summed E-state index contributed by atoms with van der Waals surface area (Å²) in [4.78, 5) is 11.3. The van der Waals surface area contributed by atoms with Gasteiger partial charge in [0.2, 0.25) is 0 Å². The van der Waals surface area contributed by atoms with Crippen molar-refractivity contribution in [2.24, 2.45) is 0 Å². The quantitative estimate of drug-likeness (QED) is 0.740. The van der Waals surface area contributed by atoms with Crippen LogP contribution in [0.5, 0.6) is 0 Å². The number of benzene rings is 1. The Kier molecular flexibility index (Phi) is 2.86. The Labute approximate surface area is 92.7 Å². The number of Topliss-reactive ketones (excluding diaryl/α,β-unsaturated/α-hetero) is 1. The molecule has 0 bridgehead atoms. The van der Waals surface area contributed by atoms with E-state index in [2.05, 4.69) is 0 Å². The summed E-state index contributed by atoms with van der Waals surface area (Å²) in [5.41, 5.74) is 1.50. The highest BCUT2D eigenvalue weighted by Crippen LogP contribution is 2.16. The van der Waals surface area contributed by atoms with Gasteiger partial charge in [-0.15, -0.1) is 0 Å². The summed E-state index contributed by atoms with van der Waals surface area (Å²) in [7, 11) is 0. The molecule has 0 unspecified atom stereocenters. The molecule has 0 aliphatic carbocycles. The molecule has 2 aromatic rings. The molecule has 82 valence electrons. The van der Waals surface area contributed by atoms with Crippen LogP contribution in [0.4, 0.5) is 4.39 Å². The highest BCUT2D eigenvalue weighted by Gasteiger charge is 2.10. The zero-order valence-corrected chi connectivity index (χ0v) is 8.87. The first-order chi connectivity index (χ1) is 7.66. The molecule has 0 atom stereocenters. The molecule has 2 nitrogen and oxygen atoms in total. The molecule has 0 saturated heterocycles. The lowest BCUT2D eigenvalue weighted by atomic mass is 10.1. The molecule has 0 saturated carbocycles. The van der Waals surface area contributed by atoms with Crippen molar-refractivity contribution < 1.29 is 13.6 Å². The fourth-order valence-electron chi connectivity index (χ4n) is 1.58. The van der Waals surface area contributed by atoms with E-state index in [1.807, 2.05) is 0 Å². The molecule has 1 heterocycles. The predicted octanol–water partition coefficient (Wildman–Crippen LogP) is 3.21. The van der Waals surface area contributed by atoms with Crippen LogP contribution in [0.3, 0.4) is 0 Å². The van der Waals surface area contributed by atoms with Gasteiger partial charge >= 0.3 is 0 Å². The second-order valence-electron chi connectivity index (χ2n) is 3.62. The summed E-state index contributed by atoms with van der Waals surface area (Å²) in [6, 6.07) is 7.81. The van der Waals surface area contributed by atoms with Crippen molar-refractivity contribution >= 4 is 5.78 Å². The van der Waals surface area contributed by atoms with Crippen LogP contribution in [0.15, 0.2) is 41.0 Å². The van der Waals surface area contributed by atoms with Gasteiger partial charge in [0, 0.05) is 6.42 Å². The molecule has 0 aliphatic heterocycles. The second kappa shape index (κ2) is 4.31. The van der Waals surface area contributed by atoms with E-state index in [4.69, 9.17) is 4.42 Å². The van der Waals surface area contributed by atoms with Gasteiger partial charge in [-0.1, -0.05) is 12.1 Å². The zero-order chi connectivity index (χ0) is 11.5. The summed E-state index contributed by atoms with van der Waals surface area (Å²) in [5.74, 6) is 0.333. The molecule has 3 heteroatoms. The first-order valence-corrected chi connectivity index (χ1v) is 4.98. The van der Waals surface area contributed by atoms with Crippen molar-refractivity contribution in [3.8, 4) is 0 Å². The molecule has 0 amide bonds. The fourth-order valence-corrected chi connectivity index (χ4v) is 1.58. The van der Waals surface area contributed by atoms with Crippen LogP contribution in [0.25, 0.3) is 0 Å². The van der Waals surface area contributed by atoms with Crippen LogP contribution in [0.1, 0.15) is 28.6 Å². The number of carbonyl (C=O) groups excluding carboxylic acids is 1. The highest BCUT2D eigenvalue weighted by atomic mass is 19.1. The number of ketones is 1. The van der Waals surface area contributed by atoms with Crippen LogP contribution in [0, 0.1) is 5.82 Å². The summed E-state index contributed by atoms with van der Waals surface area (Å²) < 4.78 is 17.9. The SMILES string of the molecule is CC(=O)c1ccoc1Cc1ccc(F)cc1.